The van der Waals surface area contributed by atoms with Crippen LogP contribution in [0.15, 0.2) is 29.1 Å². The van der Waals surface area contributed by atoms with Crippen molar-refractivity contribution in [2.24, 2.45) is 5.92 Å². The molecule has 0 saturated carbocycles. The van der Waals surface area contributed by atoms with E-state index in [1.54, 1.807) is 0 Å². The molecule has 22 heavy (non-hydrogen) atoms. The van der Waals surface area contributed by atoms with Crippen molar-refractivity contribution >= 4 is 5.91 Å². The number of benzene rings is 1. The number of amides is 1. The first kappa shape index (κ1) is 14.8. The number of piperidine rings is 1. The van der Waals surface area contributed by atoms with Crippen LogP contribution in [0.1, 0.15) is 40.2 Å². The number of aromatic nitrogens is 2. The van der Waals surface area contributed by atoms with E-state index in [4.69, 9.17) is 4.52 Å². The maximum absolute atomic E-state index is 12.6. The van der Waals surface area contributed by atoms with Gasteiger partial charge in [-0.05, 0) is 44.7 Å². The molecule has 1 fully saturated rings. The Morgan fingerprint density at radius 1 is 1.23 bits per heavy atom. The molecule has 2 heterocycles. The van der Waals surface area contributed by atoms with Crippen LogP contribution in [-0.4, -0.2) is 34.0 Å². The van der Waals surface area contributed by atoms with Crippen molar-refractivity contribution in [3.63, 3.8) is 0 Å². The molecule has 116 valence electrons. The minimum atomic E-state index is 0.143. The lowest BCUT2D eigenvalue weighted by atomic mass is 9.93. The zero-order valence-electron chi connectivity index (χ0n) is 13.1. The van der Waals surface area contributed by atoms with Crippen LogP contribution in [0.3, 0.4) is 0 Å². The number of hydrogen-bond donors (Lipinski definition) is 0. The Morgan fingerprint density at radius 3 is 2.50 bits per heavy atom. The molecule has 1 aliphatic heterocycles. The molecule has 0 bridgehead atoms. The molecule has 1 saturated heterocycles. The van der Waals surface area contributed by atoms with E-state index in [1.807, 2.05) is 30.9 Å². The second-order valence-electron chi connectivity index (χ2n) is 6.16. The lowest BCUT2D eigenvalue weighted by molar-refractivity contribution is 0.0689. The highest BCUT2D eigenvalue weighted by Crippen LogP contribution is 2.22. The summed E-state index contributed by atoms with van der Waals surface area (Å²) in [7, 11) is 0. The summed E-state index contributed by atoms with van der Waals surface area (Å²) in [6, 6.07) is 6.04. The Labute approximate surface area is 130 Å². The molecule has 1 aliphatic rings. The van der Waals surface area contributed by atoms with Gasteiger partial charge in [-0.25, -0.2) is 0 Å². The molecule has 0 radical (unpaired) electrons. The first-order valence-corrected chi connectivity index (χ1v) is 7.74. The molecule has 3 rings (SSSR count). The van der Waals surface area contributed by atoms with Crippen LogP contribution in [0, 0.1) is 19.8 Å². The van der Waals surface area contributed by atoms with Crippen molar-refractivity contribution in [1.82, 2.24) is 15.0 Å². The third kappa shape index (κ3) is 3.35. The molecule has 5 nitrogen and oxygen atoms in total. The maximum atomic E-state index is 12.6. The van der Waals surface area contributed by atoms with Crippen LogP contribution in [-0.2, 0) is 6.42 Å². The van der Waals surface area contributed by atoms with Gasteiger partial charge in [-0.15, -0.1) is 0 Å². The largest absolute Gasteiger partial charge is 0.343 e. The average Bonchev–Trinajstić information content (AvgIpc) is 2.99. The highest BCUT2D eigenvalue weighted by molar-refractivity contribution is 5.94. The third-order valence-corrected chi connectivity index (χ3v) is 4.25. The van der Waals surface area contributed by atoms with Crippen molar-refractivity contribution in [2.45, 2.75) is 33.1 Å². The van der Waals surface area contributed by atoms with Gasteiger partial charge in [-0.1, -0.05) is 22.3 Å². The maximum Gasteiger partial charge on any atom is 0.253 e. The summed E-state index contributed by atoms with van der Waals surface area (Å²) >= 11 is 0. The quantitative estimate of drug-likeness (QED) is 0.874. The van der Waals surface area contributed by atoms with Gasteiger partial charge in [0.1, 0.15) is 0 Å². The number of aryl methyl sites for hydroxylation is 2. The zero-order chi connectivity index (χ0) is 15.5. The number of hydrogen-bond acceptors (Lipinski definition) is 4. The van der Waals surface area contributed by atoms with Crippen molar-refractivity contribution < 1.29 is 9.32 Å². The minimum Gasteiger partial charge on any atom is -0.343 e. The van der Waals surface area contributed by atoms with Gasteiger partial charge in [0.2, 0.25) is 6.39 Å². The highest BCUT2D eigenvalue weighted by Gasteiger charge is 2.24. The molecule has 1 aromatic carbocycles. The molecule has 1 amide bonds. The molecule has 2 aromatic rings. The van der Waals surface area contributed by atoms with E-state index in [0.717, 1.165) is 54.9 Å². The second-order valence-corrected chi connectivity index (χ2v) is 6.16. The van der Waals surface area contributed by atoms with E-state index in [-0.39, 0.29) is 5.91 Å². The van der Waals surface area contributed by atoms with Gasteiger partial charge in [0.25, 0.3) is 5.91 Å². The topological polar surface area (TPSA) is 59.2 Å². The molecule has 0 spiro atoms. The van der Waals surface area contributed by atoms with Crippen LogP contribution in [0.4, 0.5) is 0 Å². The van der Waals surface area contributed by atoms with Crippen LogP contribution < -0.4 is 0 Å². The van der Waals surface area contributed by atoms with E-state index in [2.05, 4.69) is 16.2 Å². The molecular weight excluding hydrogens is 278 g/mol. The van der Waals surface area contributed by atoms with Gasteiger partial charge in [-0.2, -0.15) is 4.98 Å². The molecular formula is C17H21N3O2. The Hall–Kier alpha value is -2.17. The molecule has 0 atom stereocenters. The van der Waals surface area contributed by atoms with E-state index >= 15 is 0 Å². The Kier molecular flexibility index (Phi) is 4.22. The smallest absolute Gasteiger partial charge is 0.253 e. The summed E-state index contributed by atoms with van der Waals surface area (Å²) in [6.45, 7) is 5.66. The fourth-order valence-corrected chi connectivity index (χ4v) is 3.16. The summed E-state index contributed by atoms with van der Waals surface area (Å²) in [4.78, 5) is 18.6. The van der Waals surface area contributed by atoms with Crippen LogP contribution in [0.5, 0.6) is 0 Å². The summed E-state index contributed by atoms with van der Waals surface area (Å²) in [5.41, 5.74) is 3.07. The van der Waals surface area contributed by atoms with Gasteiger partial charge < -0.3 is 9.42 Å². The summed E-state index contributed by atoms with van der Waals surface area (Å²) in [6.07, 6.45) is 4.19. The first-order valence-electron chi connectivity index (χ1n) is 7.74. The van der Waals surface area contributed by atoms with Gasteiger partial charge >= 0.3 is 0 Å². The second kappa shape index (κ2) is 6.30. The van der Waals surface area contributed by atoms with Crippen molar-refractivity contribution in [3.05, 3.63) is 47.1 Å². The van der Waals surface area contributed by atoms with Crippen molar-refractivity contribution in [1.29, 1.82) is 0 Å². The molecule has 0 N–H and O–H groups in total. The minimum absolute atomic E-state index is 0.143. The van der Waals surface area contributed by atoms with Crippen LogP contribution in [0.2, 0.25) is 0 Å². The molecule has 0 aliphatic carbocycles. The number of carbonyl (C=O) groups is 1. The lowest BCUT2D eigenvalue weighted by Gasteiger charge is -2.31. The average molecular weight is 299 g/mol. The van der Waals surface area contributed by atoms with E-state index < -0.39 is 0 Å². The molecule has 5 heteroatoms. The lowest BCUT2D eigenvalue weighted by Crippen LogP contribution is -2.39. The Morgan fingerprint density at radius 2 is 1.91 bits per heavy atom. The van der Waals surface area contributed by atoms with Gasteiger partial charge in [0, 0.05) is 25.1 Å². The van der Waals surface area contributed by atoms with E-state index in [1.165, 1.54) is 6.39 Å². The number of carbonyl (C=O) groups excluding carboxylic acids is 1. The first-order chi connectivity index (χ1) is 10.6. The Balaban J connectivity index is 1.59. The van der Waals surface area contributed by atoms with Crippen LogP contribution >= 0.6 is 0 Å². The Bertz CT molecular complexity index is 624. The summed E-state index contributed by atoms with van der Waals surface area (Å²) in [5.74, 6) is 1.43. The van der Waals surface area contributed by atoms with Gasteiger partial charge in [0.05, 0.1) is 0 Å². The fourth-order valence-electron chi connectivity index (χ4n) is 3.16. The van der Waals surface area contributed by atoms with E-state index in [9.17, 15) is 4.79 Å². The van der Waals surface area contributed by atoms with E-state index in [0.29, 0.717) is 5.92 Å². The zero-order valence-corrected chi connectivity index (χ0v) is 13.1. The number of nitrogens with zero attached hydrogens (tertiary/aromatic N) is 3. The number of likely N-dealkylation sites (tertiary alicyclic amines) is 1. The molecule has 0 unspecified atom stereocenters. The predicted molar refractivity (Wildman–Crippen MR) is 82.5 cm³/mol. The van der Waals surface area contributed by atoms with Gasteiger partial charge in [-0.3, -0.25) is 4.79 Å². The van der Waals surface area contributed by atoms with Crippen LogP contribution in [0.25, 0.3) is 0 Å². The fraction of sp³-hybridized carbons (Fsp3) is 0.471. The normalized spacial score (nSPS) is 16.0. The highest BCUT2D eigenvalue weighted by atomic mass is 16.5. The summed E-state index contributed by atoms with van der Waals surface area (Å²) in [5, 5.41) is 3.86. The number of rotatable bonds is 3. The van der Waals surface area contributed by atoms with Crippen molar-refractivity contribution in [3.8, 4) is 0 Å². The molecule has 1 aromatic heterocycles. The SMILES string of the molecule is Cc1cc(C)cc(C(=O)N2CCC(Cc3ncon3)CC2)c1. The summed E-state index contributed by atoms with van der Waals surface area (Å²) < 4.78 is 4.77. The standard InChI is InChI=1S/C17H21N3O2/c1-12-7-13(2)9-15(8-12)17(21)20-5-3-14(4-6-20)10-16-18-11-22-19-16/h7-9,11,14H,3-6,10H2,1-2H3. The van der Waals surface area contributed by atoms with Gasteiger partial charge in [0.15, 0.2) is 5.82 Å². The van der Waals surface area contributed by atoms with Crippen molar-refractivity contribution in [2.75, 3.05) is 13.1 Å². The third-order valence-electron chi connectivity index (χ3n) is 4.25. The predicted octanol–water partition coefficient (Wildman–Crippen LogP) is 2.78. The monoisotopic (exact) mass is 299 g/mol.